The normalized spacial score (nSPS) is 10.0. The predicted molar refractivity (Wildman–Crippen MR) is 53.2 cm³/mol. The highest BCUT2D eigenvalue weighted by Gasteiger charge is 2.13. The number of aliphatic carboxylic acids is 1. The molecule has 0 fully saturated rings. The van der Waals surface area contributed by atoms with Crippen LogP contribution in [0.4, 0.5) is 4.79 Å². The maximum Gasteiger partial charge on any atom is 0.317 e. The first kappa shape index (κ1) is 12.7. The smallest absolute Gasteiger partial charge is 0.317 e. The van der Waals surface area contributed by atoms with Gasteiger partial charge in [-0.1, -0.05) is 0 Å². The summed E-state index contributed by atoms with van der Waals surface area (Å²) in [7, 11) is 0. The first-order chi connectivity index (χ1) is 6.49. The van der Waals surface area contributed by atoms with Crippen LogP contribution < -0.4 is 5.32 Å². The van der Waals surface area contributed by atoms with Crippen LogP contribution in [-0.2, 0) is 4.79 Å². The van der Waals surface area contributed by atoms with E-state index in [-0.39, 0.29) is 25.0 Å². The van der Waals surface area contributed by atoms with Gasteiger partial charge in [-0.05, 0) is 20.8 Å². The number of carboxylic acids is 1. The van der Waals surface area contributed by atoms with Gasteiger partial charge in [-0.2, -0.15) is 0 Å². The second-order valence-electron chi connectivity index (χ2n) is 3.26. The van der Waals surface area contributed by atoms with E-state index in [1.54, 1.807) is 4.90 Å². The molecule has 14 heavy (non-hydrogen) atoms. The molecule has 2 amide bonds. The summed E-state index contributed by atoms with van der Waals surface area (Å²) >= 11 is 0. The lowest BCUT2D eigenvalue weighted by Gasteiger charge is -2.25. The van der Waals surface area contributed by atoms with Gasteiger partial charge in [0.15, 0.2) is 0 Å². The molecule has 0 heterocycles. The van der Waals surface area contributed by atoms with Crippen molar-refractivity contribution < 1.29 is 14.7 Å². The van der Waals surface area contributed by atoms with Crippen LogP contribution >= 0.6 is 0 Å². The third kappa shape index (κ3) is 4.69. The van der Waals surface area contributed by atoms with E-state index in [1.807, 2.05) is 20.8 Å². The van der Waals surface area contributed by atoms with E-state index < -0.39 is 5.97 Å². The average Bonchev–Trinajstić information content (AvgIpc) is 2.03. The highest BCUT2D eigenvalue weighted by molar-refractivity contribution is 5.75. The predicted octanol–water partition coefficient (Wildman–Crippen LogP) is 0.901. The van der Waals surface area contributed by atoms with Crippen molar-refractivity contribution in [3.8, 4) is 0 Å². The molecule has 5 nitrogen and oxygen atoms in total. The molecular weight excluding hydrogens is 184 g/mol. The molecule has 5 heteroatoms. The number of rotatable bonds is 5. The molecule has 0 aliphatic carbocycles. The van der Waals surface area contributed by atoms with Crippen molar-refractivity contribution in [2.75, 3.05) is 13.1 Å². The Balaban J connectivity index is 3.87. The lowest BCUT2D eigenvalue weighted by Crippen LogP contribution is -2.44. The monoisotopic (exact) mass is 202 g/mol. The second kappa shape index (κ2) is 6.23. The zero-order valence-electron chi connectivity index (χ0n) is 8.91. The van der Waals surface area contributed by atoms with E-state index >= 15 is 0 Å². The van der Waals surface area contributed by atoms with Gasteiger partial charge >= 0.3 is 12.0 Å². The molecular formula is C9H18N2O3. The molecule has 0 aromatic rings. The molecule has 0 saturated heterocycles. The Morgan fingerprint density at radius 1 is 1.43 bits per heavy atom. The number of carbonyl (C=O) groups is 2. The van der Waals surface area contributed by atoms with Crippen molar-refractivity contribution in [2.45, 2.75) is 33.2 Å². The molecule has 0 aliphatic heterocycles. The third-order valence-corrected chi connectivity index (χ3v) is 1.84. The van der Waals surface area contributed by atoms with Crippen LogP contribution in [0.1, 0.15) is 27.2 Å². The number of carboxylic acid groups (broad SMARTS) is 1. The van der Waals surface area contributed by atoms with Gasteiger partial charge in [-0.3, -0.25) is 4.79 Å². The Kier molecular flexibility index (Phi) is 5.67. The summed E-state index contributed by atoms with van der Waals surface area (Å²) < 4.78 is 0. The molecule has 0 unspecified atom stereocenters. The van der Waals surface area contributed by atoms with Crippen LogP contribution in [-0.4, -0.2) is 41.1 Å². The Bertz CT molecular complexity index is 204. The lowest BCUT2D eigenvalue weighted by molar-refractivity contribution is -0.136. The minimum atomic E-state index is -0.905. The fourth-order valence-corrected chi connectivity index (χ4v) is 1.12. The minimum absolute atomic E-state index is 0.0403. The largest absolute Gasteiger partial charge is 0.481 e. The fraction of sp³-hybridized carbons (Fsp3) is 0.778. The van der Waals surface area contributed by atoms with Crippen LogP contribution in [0, 0.1) is 0 Å². The van der Waals surface area contributed by atoms with E-state index in [2.05, 4.69) is 5.32 Å². The quantitative estimate of drug-likeness (QED) is 0.696. The summed E-state index contributed by atoms with van der Waals surface area (Å²) in [4.78, 5) is 23.2. The SMILES string of the molecule is CCN(C(=O)NCCC(=O)O)C(C)C. The van der Waals surface area contributed by atoms with Gasteiger partial charge in [0, 0.05) is 19.1 Å². The van der Waals surface area contributed by atoms with Crippen molar-refractivity contribution in [3.05, 3.63) is 0 Å². The number of amides is 2. The third-order valence-electron chi connectivity index (χ3n) is 1.84. The maximum absolute atomic E-state index is 11.4. The van der Waals surface area contributed by atoms with Crippen LogP contribution in [0.2, 0.25) is 0 Å². The standard InChI is InChI=1S/C9H18N2O3/c1-4-11(7(2)3)9(14)10-6-5-8(12)13/h7H,4-6H2,1-3H3,(H,10,14)(H,12,13). The topological polar surface area (TPSA) is 69.6 Å². The van der Waals surface area contributed by atoms with Gasteiger partial charge in [0.2, 0.25) is 0 Å². The summed E-state index contributed by atoms with van der Waals surface area (Å²) in [5.74, 6) is -0.905. The van der Waals surface area contributed by atoms with Crippen molar-refractivity contribution in [1.82, 2.24) is 10.2 Å². The first-order valence-electron chi connectivity index (χ1n) is 4.75. The molecule has 0 spiro atoms. The first-order valence-corrected chi connectivity index (χ1v) is 4.75. The molecule has 0 radical (unpaired) electrons. The maximum atomic E-state index is 11.4. The zero-order valence-corrected chi connectivity index (χ0v) is 8.91. The number of nitrogens with zero attached hydrogens (tertiary/aromatic N) is 1. The highest BCUT2D eigenvalue weighted by atomic mass is 16.4. The Labute approximate surface area is 84.1 Å². The van der Waals surface area contributed by atoms with E-state index in [0.717, 1.165) is 0 Å². The molecule has 0 aliphatic rings. The Morgan fingerprint density at radius 3 is 2.36 bits per heavy atom. The molecule has 0 aromatic heterocycles. The number of hydrogen-bond donors (Lipinski definition) is 2. The molecule has 0 saturated carbocycles. The number of carbonyl (C=O) groups excluding carboxylic acids is 1. The molecule has 0 bridgehead atoms. The van der Waals surface area contributed by atoms with E-state index in [4.69, 9.17) is 5.11 Å². The number of nitrogens with one attached hydrogen (secondary N) is 1. The van der Waals surface area contributed by atoms with Crippen LogP contribution in [0.25, 0.3) is 0 Å². The fourth-order valence-electron chi connectivity index (χ4n) is 1.12. The molecule has 0 aromatic carbocycles. The van der Waals surface area contributed by atoms with Crippen LogP contribution in [0.5, 0.6) is 0 Å². The highest BCUT2D eigenvalue weighted by Crippen LogP contribution is 1.97. The molecule has 2 N–H and O–H groups in total. The summed E-state index contributed by atoms with van der Waals surface area (Å²) in [6.45, 7) is 6.52. The van der Waals surface area contributed by atoms with Crippen molar-refractivity contribution in [1.29, 1.82) is 0 Å². The molecule has 0 rings (SSSR count). The van der Waals surface area contributed by atoms with E-state index in [0.29, 0.717) is 6.54 Å². The minimum Gasteiger partial charge on any atom is -0.481 e. The summed E-state index contributed by atoms with van der Waals surface area (Å²) in [5.41, 5.74) is 0. The van der Waals surface area contributed by atoms with Crippen molar-refractivity contribution in [2.24, 2.45) is 0 Å². The van der Waals surface area contributed by atoms with Gasteiger partial charge < -0.3 is 15.3 Å². The summed E-state index contributed by atoms with van der Waals surface area (Å²) in [6.07, 6.45) is -0.0403. The van der Waals surface area contributed by atoms with Gasteiger partial charge in [0.05, 0.1) is 6.42 Å². The number of urea groups is 1. The van der Waals surface area contributed by atoms with Crippen molar-refractivity contribution in [3.63, 3.8) is 0 Å². The van der Waals surface area contributed by atoms with E-state index in [1.165, 1.54) is 0 Å². The van der Waals surface area contributed by atoms with Gasteiger partial charge in [0.25, 0.3) is 0 Å². The van der Waals surface area contributed by atoms with Gasteiger partial charge in [-0.15, -0.1) is 0 Å². The lowest BCUT2D eigenvalue weighted by atomic mass is 10.3. The van der Waals surface area contributed by atoms with E-state index in [9.17, 15) is 9.59 Å². The van der Waals surface area contributed by atoms with Gasteiger partial charge in [-0.25, -0.2) is 4.79 Å². The zero-order chi connectivity index (χ0) is 11.1. The van der Waals surface area contributed by atoms with Crippen LogP contribution in [0.3, 0.4) is 0 Å². The molecule has 0 atom stereocenters. The van der Waals surface area contributed by atoms with Gasteiger partial charge in [0.1, 0.15) is 0 Å². The Hall–Kier alpha value is -1.26. The second-order valence-corrected chi connectivity index (χ2v) is 3.26. The van der Waals surface area contributed by atoms with Crippen molar-refractivity contribution >= 4 is 12.0 Å². The Morgan fingerprint density at radius 2 is 2.00 bits per heavy atom. The number of hydrogen-bond acceptors (Lipinski definition) is 2. The van der Waals surface area contributed by atoms with Crippen LogP contribution in [0.15, 0.2) is 0 Å². The summed E-state index contributed by atoms with van der Waals surface area (Å²) in [6, 6.07) is -0.0754. The average molecular weight is 202 g/mol. The summed E-state index contributed by atoms with van der Waals surface area (Å²) in [5, 5.41) is 10.9. The molecule has 82 valence electrons.